The van der Waals surface area contributed by atoms with Crippen molar-refractivity contribution in [3.05, 3.63) is 35.4 Å². The van der Waals surface area contributed by atoms with E-state index in [0.717, 1.165) is 17.7 Å². The maximum absolute atomic E-state index is 11.6. The van der Waals surface area contributed by atoms with Crippen LogP contribution in [0.1, 0.15) is 29.3 Å². The van der Waals surface area contributed by atoms with Crippen molar-refractivity contribution < 1.29 is 4.79 Å². The molecule has 1 nitrogen and oxygen atoms in total. The Morgan fingerprint density at radius 2 is 1.93 bits per heavy atom. The molecule has 76 valence electrons. The van der Waals surface area contributed by atoms with Gasteiger partial charge in [-0.2, -0.15) is 11.8 Å². The van der Waals surface area contributed by atoms with Gasteiger partial charge < -0.3 is 0 Å². The van der Waals surface area contributed by atoms with Gasteiger partial charge in [-0.3, -0.25) is 4.79 Å². The van der Waals surface area contributed by atoms with Gasteiger partial charge in [-0.25, -0.2) is 0 Å². The minimum Gasteiger partial charge on any atom is -0.294 e. The number of rotatable bonds is 5. The van der Waals surface area contributed by atoms with Gasteiger partial charge in [0.1, 0.15) is 0 Å². The molecule has 1 rings (SSSR count). The number of carbonyl (C=O) groups is 1. The van der Waals surface area contributed by atoms with Crippen LogP contribution in [0.3, 0.4) is 0 Å². The number of Topliss-reactive ketones (excluding diaryl/α,β-unsaturated/α-hetero) is 1. The van der Waals surface area contributed by atoms with Crippen LogP contribution in [0.25, 0.3) is 0 Å². The van der Waals surface area contributed by atoms with Crippen LogP contribution in [-0.2, 0) is 6.42 Å². The molecule has 2 heteroatoms. The summed E-state index contributed by atoms with van der Waals surface area (Å²) in [7, 11) is 0. The molecule has 1 aromatic carbocycles. The second kappa shape index (κ2) is 5.86. The highest BCUT2D eigenvalue weighted by molar-refractivity contribution is 7.98. The first-order valence-electron chi connectivity index (χ1n) is 4.89. The van der Waals surface area contributed by atoms with Gasteiger partial charge in [0.15, 0.2) is 5.78 Å². The predicted octanol–water partition coefficient (Wildman–Crippen LogP) is 3.18. The summed E-state index contributed by atoms with van der Waals surface area (Å²) in [5, 5.41) is 0. The second-order valence-electron chi connectivity index (χ2n) is 3.22. The van der Waals surface area contributed by atoms with E-state index >= 15 is 0 Å². The van der Waals surface area contributed by atoms with E-state index in [2.05, 4.69) is 6.92 Å². The smallest absolute Gasteiger partial charge is 0.163 e. The van der Waals surface area contributed by atoms with Crippen molar-refractivity contribution in [2.24, 2.45) is 0 Å². The molecule has 0 bridgehead atoms. The third-order valence-corrected chi connectivity index (χ3v) is 2.83. The molecular formula is C12H16OS. The lowest BCUT2D eigenvalue weighted by Gasteiger charge is -2.01. The van der Waals surface area contributed by atoms with Crippen molar-refractivity contribution in [2.75, 3.05) is 12.0 Å². The average Bonchev–Trinajstić information content (AvgIpc) is 2.26. The third kappa shape index (κ3) is 3.18. The normalized spacial score (nSPS) is 10.1. The van der Waals surface area contributed by atoms with Crippen LogP contribution >= 0.6 is 11.8 Å². The van der Waals surface area contributed by atoms with Gasteiger partial charge in [0, 0.05) is 17.7 Å². The molecule has 0 spiro atoms. The van der Waals surface area contributed by atoms with Crippen molar-refractivity contribution in [2.45, 2.75) is 19.8 Å². The van der Waals surface area contributed by atoms with Gasteiger partial charge in [-0.15, -0.1) is 0 Å². The summed E-state index contributed by atoms with van der Waals surface area (Å²) < 4.78 is 0. The zero-order valence-corrected chi connectivity index (χ0v) is 9.56. The highest BCUT2D eigenvalue weighted by Crippen LogP contribution is 2.09. The maximum Gasteiger partial charge on any atom is 0.163 e. The molecule has 0 N–H and O–H groups in total. The Morgan fingerprint density at radius 3 is 2.43 bits per heavy atom. The number of hydrogen-bond donors (Lipinski definition) is 0. The largest absolute Gasteiger partial charge is 0.294 e. The van der Waals surface area contributed by atoms with Crippen molar-refractivity contribution >= 4 is 17.5 Å². The zero-order valence-electron chi connectivity index (χ0n) is 8.75. The van der Waals surface area contributed by atoms with Gasteiger partial charge in [0.2, 0.25) is 0 Å². The summed E-state index contributed by atoms with van der Waals surface area (Å²) in [6.07, 6.45) is 3.69. The molecule has 0 aliphatic rings. The predicted molar refractivity (Wildman–Crippen MR) is 63.1 cm³/mol. The minimum absolute atomic E-state index is 0.252. The van der Waals surface area contributed by atoms with Crippen LogP contribution in [0, 0.1) is 0 Å². The fourth-order valence-electron chi connectivity index (χ4n) is 1.27. The van der Waals surface area contributed by atoms with Crippen LogP contribution in [0.4, 0.5) is 0 Å². The zero-order chi connectivity index (χ0) is 10.4. The van der Waals surface area contributed by atoms with E-state index in [1.807, 2.05) is 30.5 Å². The van der Waals surface area contributed by atoms with E-state index in [-0.39, 0.29) is 5.78 Å². The summed E-state index contributed by atoms with van der Waals surface area (Å²) in [6, 6.07) is 7.93. The fourth-order valence-corrected chi connectivity index (χ4v) is 1.65. The lowest BCUT2D eigenvalue weighted by atomic mass is 10.1. The number of benzene rings is 1. The molecule has 0 heterocycles. The lowest BCUT2D eigenvalue weighted by Crippen LogP contribution is -2.00. The molecule has 1 aromatic rings. The van der Waals surface area contributed by atoms with Gasteiger partial charge >= 0.3 is 0 Å². The van der Waals surface area contributed by atoms with Crippen LogP contribution in [0.2, 0.25) is 0 Å². The highest BCUT2D eigenvalue weighted by atomic mass is 32.2. The summed E-state index contributed by atoms with van der Waals surface area (Å²) in [5.74, 6) is 1.16. The van der Waals surface area contributed by atoms with Crippen molar-refractivity contribution in [3.8, 4) is 0 Å². The van der Waals surface area contributed by atoms with Crippen molar-refractivity contribution in [1.82, 2.24) is 0 Å². The Bertz CT molecular complexity index is 290. The van der Waals surface area contributed by atoms with E-state index in [1.165, 1.54) is 5.56 Å². The fraction of sp³-hybridized carbons (Fsp3) is 0.417. The molecular weight excluding hydrogens is 192 g/mol. The van der Waals surface area contributed by atoms with E-state index in [4.69, 9.17) is 0 Å². The van der Waals surface area contributed by atoms with Crippen LogP contribution in [-0.4, -0.2) is 17.8 Å². The molecule has 0 saturated heterocycles. The molecule has 0 fully saturated rings. The van der Waals surface area contributed by atoms with Gasteiger partial charge in [-0.05, 0) is 18.2 Å². The Morgan fingerprint density at radius 1 is 1.29 bits per heavy atom. The Kier molecular flexibility index (Phi) is 4.74. The monoisotopic (exact) mass is 208 g/mol. The van der Waals surface area contributed by atoms with E-state index < -0.39 is 0 Å². The van der Waals surface area contributed by atoms with Crippen LogP contribution < -0.4 is 0 Å². The van der Waals surface area contributed by atoms with E-state index in [1.54, 1.807) is 11.8 Å². The van der Waals surface area contributed by atoms with Crippen LogP contribution in [0.15, 0.2) is 24.3 Å². The summed E-state index contributed by atoms with van der Waals surface area (Å²) >= 11 is 1.71. The summed E-state index contributed by atoms with van der Waals surface area (Å²) in [6.45, 7) is 2.12. The molecule has 0 unspecified atom stereocenters. The Balaban J connectivity index is 2.62. The number of aryl methyl sites for hydroxylation is 1. The average molecular weight is 208 g/mol. The minimum atomic E-state index is 0.252. The van der Waals surface area contributed by atoms with Gasteiger partial charge in [0.25, 0.3) is 0 Å². The van der Waals surface area contributed by atoms with Gasteiger partial charge in [-0.1, -0.05) is 31.2 Å². The Hall–Kier alpha value is -0.760. The lowest BCUT2D eigenvalue weighted by molar-refractivity contribution is 0.0989. The topological polar surface area (TPSA) is 17.1 Å². The first-order valence-corrected chi connectivity index (χ1v) is 6.28. The Labute approximate surface area is 89.9 Å². The maximum atomic E-state index is 11.6. The third-order valence-electron chi connectivity index (χ3n) is 2.22. The van der Waals surface area contributed by atoms with Crippen molar-refractivity contribution in [1.29, 1.82) is 0 Å². The summed E-state index contributed by atoms with van der Waals surface area (Å²) in [4.78, 5) is 11.6. The number of ketones is 1. The quantitative estimate of drug-likeness (QED) is 0.691. The second-order valence-corrected chi connectivity index (χ2v) is 4.20. The van der Waals surface area contributed by atoms with Crippen molar-refractivity contribution in [3.63, 3.8) is 0 Å². The molecule has 0 atom stereocenters. The number of hydrogen-bond acceptors (Lipinski definition) is 2. The molecule has 0 aromatic heterocycles. The molecule has 0 radical (unpaired) electrons. The molecule has 0 saturated carbocycles. The number of carbonyl (C=O) groups excluding carboxylic acids is 1. The number of thioether (sulfide) groups is 1. The highest BCUT2D eigenvalue weighted by Gasteiger charge is 2.04. The van der Waals surface area contributed by atoms with E-state index in [0.29, 0.717) is 6.42 Å². The van der Waals surface area contributed by atoms with Crippen LogP contribution in [0.5, 0.6) is 0 Å². The standard InChI is InChI=1S/C12H16OS/c1-3-10-4-6-11(7-5-10)12(13)8-9-14-2/h4-7H,3,8-9H2,1-2H3. The molecule has 0 amide bonds. The molecule has 0 aliphatic carbocycles. The SMILES string of the molecule is CCc1ccc(C(=O)CCSC)cc1. The first-order chi connectivity index (χ1) is 6.77. The van der Waals surface area contributed by atoms with E-state index in [9.17, 15) is 4.79 Å². The molecule has 0 aliphatic heterocycles. The summed E-state index contributed by atoms with van der Waals surface area (Å²) in [5.41, 5.74) is 2.13. The van der Waals surface area contributed by atoms with Gasteiger partial charge in [0.05, 0.1) is 0 Å². The first kappa shape index (κ1) is 11.3. The molecule has 14 heavy (non-hydrogen) atoms.